The topological polar surface area (TPSA) is 112 Å². The molecule has 2 aromatic carbocycles. The molecule has 3 heterocycles. The standard InChI is InChI=1S/C35H43FN8O2/c1-21-27-17-23(35(27,2)3)18-29(21)42-34(43-15-12-37-13-16-43)40-24-6-8-26-30(19-24)41-32(31-38-10-11-39-31)44(33(26)45)14-9-22-5-7-25(46-4)20-28(22)36/h5-8,10-11,19-21,23,27,29,37H,9,12-18H2,1-4H3,(H,38,39)(H,40,42)/t21-,23+,27-,29-/m0/s1. The number of aryl methyl sites for hydroxylation is 1. The van der Waals surface area contributed by atoms with E-state index < -0.39 is 0 Å². The lowest BCUT2D eigenvalue weighted by molar-refractivity contribution is -0.108. The van der Waals surface area contributed by atoms with E-state index >= 15 is 0 Å². The summed E-state index contributed by atoms with van der Waals surface area (Å²) in [6.45, 7) is 11.0. The quantitative estimate of drug-likeness (QED) is 0.197. The summed E-state index contributed by atoms with van der Waals surface area (Å²) in [6, 6.07) is 10.7. The van der Waals surface area contributed by atoms with E-state index in [1.165, 1.54) is 19.6 Å². The molecule has 10 nitrogen and oxygen atoms in total. The second kappa shape index (κ2) is 12.2. The summed E-state index contributed by atoms with van der Waals surface area (Å²) in [5.74, 6) is 3.80. The summed E-state index contributed by atoms with van der Waals surface area (Å²) in [5.41, 5.74) is 2.08. The highest BCUT2D eigenvalue weighted by Gasteiger charge is 2.56. The van der Waals surface area contributed by atoms with E-state index in [-0.39, 0.29) is 24.0 Å². The lowest BCUT2D eigenvalue weighted by atomic mass is 9.45. The number of halogens is 1. The average Bonchev–Trinajstić information content (AvgIpc) is 3.60. The minimum absolute atomic E-state index is 0.203. The predicted octanol–water partition coefficient (Wildman–Crippen LogP) is 4.92. The maximum atomic E-state index is 14.8. The molecular weight excluding hydrogens is 583 g/mol. The number of benzene rings is 2. The van der Waals surface area contributed by atoms with Crippen molar-refractivity contribution in [3.8, 4) is 17.4 Å². The number of imidazole rings is 1. The van der Waals surface area contributed by atoms with E-state index in [2.05, 4.69) is 46.3 Å². The Morgan fingerprint density at radius 1 is 1.17 bits per heavy atom. The zero-order chi connectivity index (χ0) is 32.0. The van der Waals surface area contributed by atoms with Gasteiger partial charge in [-0.2, -0.15) is 0 Å². The number of rotatable bonds is 7. The van der Waals surface area contributed by atoms with Gasteiger partial charge in [-0.3, -0.25) is 9.36 Å². The minimum Gasteiger partial charge on any atom is -0.497 e. The van der Waals surface area contributed by atoms with Gasteiger partial charge in [-0.25, -0.2) is 19.4 Å². The monoisotopic (exact) mass is 626 g/mol. The molecule has 3 N–H and O–H groups in total. The van der Waals surface area contributed by atoms with Crippen molar-refractivity contribution in [1.29, 1.82) is 0 Å². The van der Waals surface area contributed by atoms with E-state index in [1.54, 1.807) is 29.1 Å². The van der Waals surface area contributed by atoms with Gasteiger partial charge in [0.2, 0.25) is 0 Å². The first-order chi connectivity index (χ1) is 22.2. The van der Waals surface area contributed by atoms with Gasteiger partial charge < -0.3 is 25.3 Å². The van der Waals surface area contributed by atoms with E-state index in [9.17, 15) is 9.18 Å². The summed E-state index contributed by atoms with van der Waals surface area (Å²) in [4.78, 5) is 34.1. The number of hydrogen-bond donors (Lipinski definition) is 3. The van der Waals surface area contributed by atoms with Crippen LogP contribution in [0.5, 0.6) is 5.75 Å². The first-order valence-corrected chi connectivity index (χ1v) is 16.4. The number of aromatic nitrogens is 4. The van der Waals surface area contributed by atoms with Crippen molar-refractivity contribution in [3.05, 3.63) is 70.5 Å². The van der Waals surface area contributed by atoms with Gasteiger partial charge in [0.1, 0.15) is 11.6 Å². The molecule has 0 radical (unpaired) electrons. The normalized spacial score (nSPS) is 24.1. The van der Waals surface area contributed by atoms with Gasteiger partial charge in [-0.1, -0.05) is 26.8 Å². The fourth-order valence-corrected chi connectivity index (χ4v) is 7.81. The molecule has 1 saturated heterocycles. The van der Waals surface area contributed by atoms with Gasteiger partial charge in [0.25, 0.3) is 5.56 Å². The van der Waals surface area contributed by atoms with Crippen molar-refractivity contribution in [2.24, 2.45) is 28.2 Å². The minimum atomic E-state index is -0.373. The number of H-pyrrole nitrogens is 1. The number of aromatic amines is 1. The molecule has 1 aliphatic heterocycles. The van der Waals surface area contributed by atoms with Crippen molar-refractivity contribution < 1.29 is 9.13 Å². The van der Waals surface area contributed by atoms with E-state index in [0.29, 0.717) is 57.5 Å². The number of fused-ring (bicyclic) bond motifs is 3. The Labute approximate surface area is 268 Å². The number of nitrogens with zero attached hydrogens (tertiary/aromatic N) is 5. The van der Waals surface area contributed by atoms with Gasteiger partial charge in [-0.15, -0.1) is 0 Å². The van der Waals surface area contributed by atoms with Crippen LogP contribution in [0.3, 0.4) is 0 Å². The van der Waals surface area contributed by atoms with Crippen LogP contribution in [-0.4, -0.2) is 69.7 Å². The SMILES string of the molecule is COc1ccc(CCn2c(-c3ncc[nH]3)nc3cc(NC(=N[C@H]4C[C@H]5C[C@@H]([C@@H]4C)C5(C)C)N4CCNCC4)ccc3c2=O)c(F)c1. The Morgan fingerprint density at radius 3 is 2.70 bits per heavy atom. The number of nitrogens with one attached hydrogen (secondary N) is 3. The third-order valence-electron chi connectivity index (χ3n) is 10.8. The molecule has 8 rings (SSSR count). The van der Waals surface area contributed by atoms with Crippen LogP contribution in [0.4, 0.5) is 10.1 Å². The molecule has 11 heteroatoms. The van der Waals surface area contributed by atoms with Crippen LogP contribution in [0.2, 0.25) is 0 Å². The number of piperazine rings is 1. The van der Waals surface area contributed by atoms with Crippen LogP contribution in [-0.2, 0) is 13.0 Å². The molecule has 2 bridgehead atoms. The van der Waals surface area contributed by atoms with Crippen LogP contribution < -0.4 is 20.9 Å². The smallest absolute Gasteiger partial charge is 0.261 e. The Morgan fingerprint density at radius 2 is 2.00 bits per heavy atom. The molecule has 0 unspecified atom stereocenters. The Balaban J connectivity index is 1.21. The number of hydrogen-bond acceptors (Lipinski definition) is 6. The molecule has 4 atom stereocenters. The molecule has 242 valence electrons. The lowest BCUT2D eigenvalue weighted by Gasteiger charge is -2.61. The second-order valence-corrected chi connectivity index (χ2v) is 13.6. The molecule has 4 aliphatic rings. The summed E-state index contributed by atoms with van der Waals surface area (Å²) >= 11 is 0. The van der Waals surface area contributed by atoms with Crippen molar-refractivity contribution in [2.75, 3.05) is 38.6 Å². The van der Waals surface area contributed by atoms with Crippen molar-refractivity contribution in [1.82, 2.24) is 29.7 Å². The van der Waals surface area contributed by atoms with Gasteiger partial charge in [0.05, 0.1) is 24.1 Å². The molecule has 0 spiro atoms. The van der Waals surface area contributed by atoms with E-state index in [4.69, 9.17) is 14.7 Å². The van der Waals surface area contributed by atoms with Crippen LogP contribution in [0.15, 0.2) is 58.6 Å². The van der Waals surface area contributed by atoms with Crippen LogP contribution in [0.25, 0.3) is 22.6 Å². The second-order valence-electron chi connectivity index (χ2n) is 13.6. The number of guanidine groups is 1. The van der Waals surface area contributed by atoms with Crippen molar-refractivity contribution in [2.45, 2.75) is 52.6 Å². The highest BCUT2D eigenvalue weighted by atomic mass is 19.1. The number of methoxy groups -OCH3 is 1. The number of ether oxygens (including phenoxy) is 1. The third-order valence-corrected chi connectivity index (χ3v) is 10.8. The van der Waals surface area contributed by atoms with Gasteiger partial charge >= 0.3 is 0 Å². The van der Waals surface area contributed by atoms with E-state index in [1.807, 2.05) is 18.2 Å². The fourth-order valence-electron chi connectivity index (χ4n) is 7.81. The van der Waals surface area contributed by atoms with Crippen molar-refractivity contribution >= 4 is 22.5 Å². The maximum absolute atomic E-state index is 14.8. The summed E-state index contributed by atoms with van der Waals surface area (Å²) in [5, 5.41) is 7.57. The first kappa shape index (κ1) is 30.4. The van der Waals surface area contributed by atoms with Crippen molar-refractivity contribution in [3.63, 3.8) is 0 Å². The first-order valence-electron chi connectivity index (χ1n) is 16.4. The molecule has 2 aromatic heterocycles. The summed E-state index contributed by atoms with van der Waals surface area (Å²) < 4.78 is 21.5. The molecule has 4 fully saturated rings. The molecule has 4 aromatic rings. The average molecular weight is 627 g/mol. The lowest BCUT2D eigenvalue weighted by Crippen LogP contribution is -2.57. The highest BCUT2D eigenvalue weighted by Crippen LogP contribution is 2.61. The number of anilines is 1. The molecule has 46 heavy (non-hydrogen) atoms. The summed E-state index contributed by atoms with van der Waals surface area (Å²) in [6.07, 6.45) is 6.07. The van der Waals surface area contributed by atoms with Gasteiger partial charge in [0, 0.05) is 56.9 Å². The van der Waals surface area contributed by atoms with Crippen LogP contribution in [0.1, 0.15) is 39.2 Å². The molecule has 3 saturated carbocycles. The third kappa shape index (κ3) is 5.55. The van der Waals surface area contributed by atoms with Gasteiger partial charge in [0.15, 0.2) is 17.6 Å². The Hall–Kier alpha value is -4.25. The largest absolute Gasteiger partial charge is 0.497 e. The van der Waals surface area contributed by atoms with Crippen LogP contribution in [0, 0.1) is 29.0 Å². The Kier molecular flexibility index (Phi) is 8.04. The van der Waals surface area contributed by atoms with Crippen LogP contribution >= 0.6 is 0 Å². The maximum Gasteiger partial charge on any atom is 0.261 e. The molecule has 0 amide bonds. The zero-order valence-corrected chi connectivity index (χ0v) is 27.0. The van der Waals surface area contributed by atoms with E-state index in [0.717, 1.165) is 50.2 Å². The van der Waals surface area contributed by atoms with Gasteiger partial charge in [-0.05, 0) is 72.3 Å². The Bertz CT molecular complexity index is 1810. The molecular formula is C35H43FN8O2. The summed E-state index contributed by atoms with van der Waals surface area (Å²) in [7, 11) is 1.50. The number of aliphatic imine (C=N–C) groups is 1. The zero-order valence-electron chi connectivity index (χ0n) is 27.0. The fraction of sp³-hybridized carbons (Fsp3) is 0.486. The highest BCUT2D eigenvalue weighted by molar-refractivity contribution is 5.96. The molecule has 3 aliphatic carbocycles. The predicted molar refractivity (Wildman–Crippen MR) is 179 cm³/mol.